The fourth-order valence-corrected chi connectivity index (χ4v) is 9.56. The normalized spacial score (nSPS) is 11.2. The van der Waals surface area contributed by atoms with Crippen LogP contribution in [-0.2, 0) is 19.5 Å². The van der Waals surface area contributed by atoms with Gasteiger partial charge in [0.25, 0.3) is 0 Å². The first-order chi connectivity index (χ1) is 30.8. The smallest absolute Gasteiger partial charge is 0.0431 e. The molecule has 0 bridgehead atoms. The number of rotatable bonds is 56. The standard InChI is InChI=1S/2C30H62O.Zn/c2*1-2-3-4-5-6-7-8-9-10-11-12-13-14-15-16-17-18-19-20-21-22-23-24-25-26-27-28-29-30-31;/h2*31H,2-30H2,1H3;. The van der Waals surface area contributed by atoms with Gasteiger partial charge in [0.05, 0.1) is 0 Å². The second-order valence-corrected chi connectivity index (χ2v) is 20.5. The van der Waals surface area contributed by atoms with E-state index in [-0.39, 0.29) is 19.5 Å². The van der Waals surface area contributed by atoms with Gasteiger partial charge in [-0.1, -0.05) is 361 Å². The van der Waals surface area contributed by atoms with Crippen molar-refractivity contribution in [2.45, 2.75) is 373 Å². The maximum atomic E-state index is 8.76. The molecule has 2 N–H and O–H groups in total. The molecular weight excluding hydrogens is 818 g/mol. The summed E-state index contributed by atoms with van der Waals surface area (Å²) in [5, 5.41) is 17.5. The SMILES string of the molecule is CCCCCCCCCCCCCCCCCCCCCCCCCCCCCCO.CCCCCCCCCCCCCCCCCCCCCCCCCCCCCCO.[Zn]. The van der Waals surface area contributed by atoms with Gasteiger partial charge in [-0.25, -0.2) is 0 Å². The van der Waals surface area contributed by atoms with Gasteiger partial charge in [0.1, 0.15) is 0 Å². The predicted molar refractivity (Wildman–Crippen MR) is 284 cm³/mol. The van der Waals surface area contributed by atoms with E-state index >= 15 is 0 Å². The molecule has 2 nitrogen and oxygen atoms in total. The summed E-state index contributed by atoms with van der Waals surface area (Å²) in [7, 11) is 0. The summed E-state index contributed by atoms with van der Waals surface area (Å²) in [6.07, 6.45) is 80.1. The van der Waals surface area contributed by atoms with Crippen LogP contribution in [0.15, 0.2) is 0 Å². The maximum Gasteiger partial charge on any atom is 0.0431 e. The van der Waals surface area contributed by atoms with Gasteiger partial charge in [-0.2, -0.15) is 0 Å². The van der Waals surface area contributed by atoms with Gasteiger partial charge in [-0.15, -0.1) is 0 Å². The van der Waals surface area contributed by atoms with E-state index in [4.69, 9.17) is 10.2 Å². The molecule has 0 spiro atoms. The van der Waals surface area contributed by atoms with Crippen LogP contribution in [-0.4, -0.2) is 23.4 Å². The van der Waals surface area contributed by atoms with Crippen molar-refractivity contribution in [3.05, 3.63) is 0 Å². The van der Waals surface area contributed by atoms with Crippen molar-refractivity contribution in [1.29, 1.82) is 0 Å². The molecular formula is C60H124O2Zn. The summed E-state index contributed by atoms with van der Waals surface area (Å²) < 4.78 is 0. The number of hydrogen-bond acceptors (Lipinski definition) is 2. The van der Waals surface area contributed by atoms with Crippen LogP contribution >= 0.6 is 0 Å². The first-order valence-corrected chi connectivity index (χ1v) is 30.0. The Labute approximate surface area is 414 Å². The van der Waals surface area contributed by atoms with Crippen LogP contribution in [0, 0.1) is 0 Å². The summed E-state index contributed by atoms with van der Waals surface area (Å²) in [5.41, 5.74) is 0. The van der Waals surface area contributed by atoms with E-state index < -0.39 is 0 Å². The van der Waals surface area contributed by atoms with E-state index in [9.17, 15) is 0 Å². The minimum atomic E-state index is 0. The Balaban J connectivity index is -0.00000112. The molecule has 0 aromatic carbocycles. The third-order valence-electron chi connectivity index (χ3n) is 14.0. The van der Waals surface area contributed by atoms with E-state index in [0.29, 0.717) is 13.2 Å². The molecule has 0 saturated carbocycles. The van der Waals surface area contributed by atoms with E-state index in [1.54, 1.807) is 0 Å². The molecule has 0 saturated heterocycles. The maximum absolute atomic E-state index is 8.76. The van der Waals surface area contributed by atoms with Crippen molar-refractivity contribution >= 4 is 0 Å². The van der Waals surface area contributed by atoms with E-state index in [0.717, 1.165) is 12.8 Å². The number of aliphatic hydroxyl groups is 2. The Morgan fingerprint density at radius 1 is 0.143 bits per heavy atom. The van der Waals surface area contributed by atoms with E-state index in [1.807, 2.05) is 0 Å². The zero-order chi connectivity index (χ0) is 45.0. The average molecular weight is 943 g/mol. The molecule has 0 heterocycles. The van der Waals surface area contributed by atoms with Crippen molar-refractivity contribution in [3.8, 4) is 0 Å². The number of unbranched alkanes of at least 4 members (excludes halogenated alkanes) is 54. The second kappa shape index (κ2) is 69.1. The monoisotopic (exact) mass is 941 g/mol. The average Bonchev–Trinajstić information content (AvgIpc) is 3.28. The first kappa shape index (κ1) is 67.8. The topological polar surface area (TPSA) is 40.5 Å². The fraction of sp³-hybridized carbons (Fsp3) is 1.00. The van der Waals surface area contributed by atoms with Crippen LogP contribution in [0.25, 0.3) is 0 Å². The molecule has 3 heteroatoms. The molecule has 378 valence electrons. The molecule has 0 aliphatic rings. The van der Waals surface area contributed by atoms with Gasteiger partial charge in [-0.05, 0) is 12.8 Å². The molecule has 0 aliphatic heterocycles. The van der Waals surface area contributed by atoms with Gasteiger partial charge in [0.15, 0.2) is 0 Å². The fourth-order valence-electron chi connectivity index (χ4n) is 9.56. The Morgan fingerprint density at radius 2 is 0.222 bits per heavy atom. The summed E-state index contributed by atoms with van der Waals surface area (Å²) in [5.74, 6) is 0. The third-order valence-corrected chi connectivity index (χ3v) is 14.0. The minimum Gasteiger partial charge on any atom is -0.396 e. The van der Waals surface area contributed by atoms with Gasteiger partial charge < -0.3 is 10.2 Å². The Bertz CT molecular complexity index is 586. The Morgan fingerprint density at radius 3 is 0.302 bits per heavy atom. The van der Waals surface area contributed by atoms with Crippen molar-refractivity contribution in [3.63, 3.8) is 0 Å². The molecule has 0 aliphatic carbocycles. The molecule has 0 fully saturated rings. The van der Waals surface area contributed by atoms with Crippen LogP contribution in [0.4, 0.5) is 0 Å². The zero-order valence-electron chi connectivity index (χ0n) is 44.6. The summed E-state index contributed by atoms with van der Waals surface area (Å²) in [6.45, 7) is 5.35. The van der Waals surface area contributed by atoms with Crippen LogP contribution < -0.4 is 0 Å². The number of hydrogen-bond donors (Lipinski definition) is 2. The number of aliphatic hydroxyl groups excluding tert-OH is 2. The predicted octanol–water partition coefficient (Wildman–Crippen LogP) is 21.8. The zero-order valence-corrected chi connectivity index (χ0v) is 47.6. The quantitative estimate of drug-likeness (QED) is 0.0471. The van der Waals surface area contributed by atoms with Crippen LogP contribution in [0.2, 0.25) is 0 Å². The Hall–Kier alpha value is 0.543. The third kappa shape index (κ3) is 71.7. The molecule has 0 rings (SSSR count). The second-order valence-electron chi connectivity index (χ2n) is 20.5. The molecule has 0 amide bonds. The van der Waals surface area contributed by atoms with E-state index in [2.05, 4.69) is 13.8 Å². The van der Waals surface area contributed by atoms with Crippen molar-refractivity contribution < 1.29 is 29.7 Å². The summed E-state index contributed by atoms with van der Waals surface area (Å²) >= 11 is 0. The largest absolute Gasteiger partial charge is 0.396 e. The van der Waals surface area contributed by atoms with Crippen LogP contribution in [0.5, 0.6) is 0 Å². The van der Waals surface area contributed by atoms with Gasteiger partial charge in [-0.3, -0.25) is 0 Å². The molecule has 0 unspecified atom stereocenters. The minimum absolute atomic E-state index is 0. The van der Waals surface area contributed by atoms with Gasteiger partial charge in [0.2, 0.25) is 0 Å². The van der Waals surface area contributed by atoms with Crippen molar-refractivity contribution in [2.75, 3.05) is 13.2 Å². The van der Waals surface area contributed by atoms with E-state index in [1.165, 1.54) is 347 Å². The van der Waals surface area contributed by atoms with Crippen LogP contribution in [0.3, 0.4) is 0 Å². The molecule has 0 aromatic heterocycles. The van der Waals surface area contributed by atoms with Crippen LogP contribution in [0.1, 0.15) is 373 Å². The molecule has 0 radical (unpaired) electrons. The summed E-state index contributed by atoms with van der Waals surface area (Å²) in [4.78, 5) is 0. The molecule has 0 aromatic rings. The first-order valence-electron chi connectivity index (χ1n) is 30.0. The molecule has 63 heavy (non-hydrogen) atoms. The van der Waals surface area contributed by atoms with Gasteiger partial charge in [0, 0.05) is 32.7 Å². The summed E-state index contributed by atoms with van der Waals surface area (Å²) in [6, 6.07) is 0. The van der Waals surface area contributed by atoms with Gasteiger partial charge >= 0.3 is 0 Å². The van der Waals surface area contributed by atoms with Crippen molar-refractivity contribution in [2.24, 2.45) is 0 Å². The van der Waals surface area contributed by atoms with Crippen molar-refractivity contribution in [1.82, 2.24) is 0 Å². The Kier molecular flexibility index (Phi) is 74.4. The molecule has 0 atom stereocenters.